The third kappa shape index (κ3) is 1.53. The summed E-state index contributed by atoms with van der Waals surface area (Å²) in [7, 11) is 3.27. The van der Waals surface area contributed by atoms with Gasteiger partial charge in [0.25, 0.3) is 0 Å². The van der Waals surface area contributed by atoms with Crippen LogP contribution in [0.3, 0.4) is 0 Å². The van der Waals surface area contributed by atoms with Crippen molar-refractivity contribution in [2.24, 2.45) is 0 Å². The quantitative estimate of drug-likeness (QED) is 0.558. The molecule has 0 atom stereocenters. The Hall–Kier alpha value is -2.81. The van der Waals surface area contributed by atoms with Gasteiger partial charge in [-0.3, -0.25) is 4.79 Å². The first-order valence-corrected chi connectivity index (χ1v) is 7.08. The van der Waals surface area contributed by atoms with Gasteiger partial charge in [-0.25, -0.2) is 0 Å². The molecule has 1 aliphatic carbocycles. The van der Waals surface area contributed by atoms with Crippen LogP contribution in [-0.2, 0) is 0 Å². The van der Waals surface area contributed by atoms with E-state index < -0.39 is 0 Å². The first-order chi connectivity index (χ1) is 10.8. The summed E-state index contributed by atoms with van der Waals surface area (Å²) in [6.45, 7) is 0. The number of ether oxygens (including phenoxy) is 2. The molecule has 0 aromatic heterocycles. The molecule has 3 nitrogen and oxygen atoms in total. The first kappa shape index (κ1) is 12.9. The number of rotatable bonds is 2. The Labute approximate surface area is 128 Å². The van der Waals surface area contributed by atoms with E-state index in [1.54, 1.807) is 14.2 Å². The zero-order valence-corrected chi connectivity index (χ0v) is 12.3. The number of carbonyl (C=O) groups excluding carboxylic acids is 1. The summed E-state index contributed by atoms with van der Waals surface area (Å²) in [5.41, 5.74) is 3.24. The number of ketones is 1. The molecular formula is C19H14O3. The largest absolute Gasteiger partial charge is 0.496 e. The van der Waals surface area contributed by atoms with Crippen LogP contribution in [0.4, 0.5) is 0 Å². The molecule has 3 heteroatoms. The second-order valence-electron chi connectivity index (χ2n) is 5.26. The second kappa shape index (κ2) is 4.60. The van der Waals surface area contributed by atoms with Crippen molar-refractivity contribution in [3.8, 4) is 22.6 Å². The van der Waals surface area contributed by atoms with Gasteiger partial charge in [0.05, 0.1) is 14.2 Å². The third-order valence-corrected chi connectivity index (χ3v) is 4.23. The fourth-order valence-corrected chi connectivity index (χ4v) is 3.26. The predicted molar refractivity (Wildman–Crippen MR) is 85.9 cm³/mol. The Balaban J connectivity index is 2.12. The van der Waals surface area contributed by atoms with Gasteiger partial charge in [-0.05, 0) is 29.1 Å². The van der Waals surface area contributed by atoms with Crippen LogP contribution in [0.5, 0.6) is 11.5 Å². The molecule has 0 unspecified atom stereocenters. The molecule has 0 N–H and O–H groups in total. The monoisotopic (exact) mass is 290 g/mol. The van der Waals surface area contributed by atoms with Crippen molar-refractivity contribution in [1.29, 1.82) is 0 Å². The Bertz CT molecular complexity index is 925. The Morgan fingerprint density at radius 3 is 2.18 bits per heavy atom. The molecule has 108 valence electrons. The number of carbonyl (C=O) groups is 1. The van der Waals surface area contributed by atoms with E-state index >= 15 is 0 Å². The fraction of sp³-hybridized carbons (Fsp3) is 0.105. The van der Waals surface area contributed by atoms with E-state index in [0.717, 1.165) is 39.0 Å². The maximum absolute atomic E-state index is 12.9. The highest BCUT2D eigenvalue weighted by Gasteiger charge is 2.31. The highest BCUT2D eigenvalue weighted by Crippen LogP contribution is 2.45. The molecule has 0 radical (unpaired) electrons. The first-order valence-electron chi connectivity index (χ1n) is 7.08. The van der Waals surface area contributed by atoms with E-state index in [2.05, 4.69) is 0 Å². The molecule has 0 saturated heterocycles. The maximum Gasteiger partial charge on any atom is 0.195 e. The summed E-state index contributed by atoms with van der Waals surface area (Å²) in [5.74, 6) is 1.55. The summed E-state index contributed by atoms with van der Waals surface area (Å²) >= 11 is 0. The van der Waals surface area contributed by atoms with Gasteiger partial charge in [-0.2, -0.15) is 0 Å². The molecule has 0 heterocycles. The van der Waals surface area contributed by atoms with Crippen molar-refractivity contribution < 1.29 is 14.3 Å². The zero-order chi connectivity index (χ0) is 15.3. The Morgan fingerprint density at radius 2 is 1.41 bits per heavy atom. The average molecular weight is 290 g/mol. The van der Waals surface area contributed by atoms with Crippen LogP contribution in [0.15, 0.2) is 48.5 Å². The van der Waals surface area contributed by atoms with Crippen molar-refractivity contribution in [3.63, 3.8) is 0 Å². The average Bonchev–Trinajstić information content (AvgIpc) is 2.87. The standard InChI is InChI=1S/C19H14O3/c1-21-15-7-3-5-12-11(15)9-10-13-17-14(19(20)18(12)13)6-4-8-16(17)22-2/h3-10H,1-2H3. The lowest BCUT2D eigenvalue weighted by molar-refractivity contribution is 0.104. The highest BCUT2D eigenvalue weighted by atomic mass is 16.5. The van der Waals surface area contributed by atoms with Crippen LogP contribution in [0, 0.1) is 0 Å². The third-order valence-electron chi connectivity index (χ3n) is 4.23. The lowest BCUT2D eigenvalue weighted by atomic mass is 9.98. The van der Waals surface area contributed by atoms with Gasteiger partial charge in [-0.15, -0.1) is 0 Å². The molecule has 0 fully saturated rings. The molecule has 0 spiro atoms. The maximum atomic E-state index is 12.9. The van der Waals surface area contributed by atoms with Gasteiger partial charge in [0.15, 0.2) is 5.78 Å². The molecule has 3 aromatic carbocycles. The number of fused-ring (bicyclic) bond motifs is 5. The summed E-state index contributed by atoms with van der Waals surface area (Å²) in [4.78, 5) is 12.9. The molecule has 0 saturated carbocycles. The van der Waals surface area contributed by atoms with Crippen molar-refractivity contribution in [3.05, 3.63) is 59.7 Å². The van der Waals surface area contributed by atoms with Crippen LogP contribution in [-0.4, -0.2) is 20.0 Å². The lowest BCUT2D eigenvalue weighted by Gasteiger charge is -2.10. The summed E-state index contributed by atoms with van der Waals surface area (Å²) in [6.07, 6.45) is 0. The molecule has 0 amide bonds. The minimum Gasteiger partial charge on any atom is -0.496 e. The highest BCUT2D eigenvalue weighted by molar-refractivity contribution is 6.28. The summed E-state index contributed by atoms with van der Waals surface area (Å²) in [6, 6.07) is 15.4. The van der Waals surface area contributed by atoms with E-state index in [0.29, 0.717) is 5.56 Å². The molecule has 0 aliphatic heterocycles. The van der Waals surface area contributed by atoms with Crippen molar-refractivity contribution >= 4 is 16.6 Å². The minimum atomic E-state index is 0.0442. The van der Waals surface area contributed by atoms with Crippen LogP contribution < -0.4 is 9.47 Å². The lowest BCUT2D eigenvalue weighted by Crippen LogP contribution is -1.97. The van der Waals surface area contributed by atoms with E-state index in [9.17, 15) is 4.79 Å². The molecule has 1 aliphatic rings. The zero-order valence-electron chi connectivity index (χ0n) is 12.3. The van der Waals surface area contributed by atoms with Gasteiger partial charge in [0, 0.05) is 22.1 Å². The van der Waals surface area contributed by atoms with Gasteiger partial charge in [0.2, 0.25) is 0 Å². The van der Waals surface area contributed by atoms with Crippen molar-refractivity contribution in [1.82, 2.24) is 0 Å². The van der Waals surface area contributed by atoms with Gasteiger partial charge in [-0.1, -0.05) is 30.3 Å². The van der Waals surface area contributed by atoms with E-state index in [1.807, 2.05) is 48.5 Å². The van der Waals surface area contributed by atoms with Gasteiger partial charge >= 0.3 is 0 Å². The summed E-state index contributed by atoms with van der Waals surface area (Å²) < 4.78 is 10.9. The van der Waals surface area contributed by atoms with E-state index in [1.165, 1.54) is 0 Å². The minimum absolute atomic E-state index is 0.0442. The van der Waals surface area contributed by atoms with Crippen LogP contribution in [0.1, 0.15) is 15.9 Å². The SMILES string of the molecule is COc1cccc2c1-c1ccc3c(OC)cccc3c1C2=O. The smallest absolute Gasteiger partial charge is 0.195 e. The van der Waals surface area contributed by atoms with E-state index in [4.69, 9.17) is 9.47 Å². The van der Waals surface area contributed by atoms with Crippen molar-refractivity contribution in [2.75, 3.05) is 14.2 Å². The van der Waals surface area contributed by atoms with E-state index in [-0.39, 0.29) is 5.78 Å². The molecular weight excluding hydrogens is 276 g/mol. The van der Waals surface area contributed by atoms with Gasteiger partial charge < -0.3 is 9.47 Å². The molecule has 4 rings (SSSR count). The van der Waals surface area contributed by atoms with Gasteiger partial charge in [0.1, 0.15) is 11.5 Å². The normalized spacial score (nSPS) is 12.2. The number of benzene rings is 3. The van der Waals surface area contributed by atoms with Crippen LogP contribution >= 0.6 is 0 Å². The molecule has 0 bridgehead atoms. The van der Waals surface area contributed by atoms with Crippen LogP contribution in [0.2, 0.25) is 0 Å². The fourth-order valence-electron chi connectivity index (χ4n) is 3.26. The molecule has 22 heavy (non-hydrogen) atoms. The van der Waals surface area contributed by atoms with Crippen LogP contribution in [0.25, 0.3) is 21.9 Å². The molecule has 3 aromatic rings. The van der Waals surface area contributed by atoms with Crippen molar-refractivity contribution in [2.45, 2.75) is 0 Å². The predicted octanol–water partition coefficient (Wildman–Crippen LogP) is 4.07. The number of hydrogen-bond acceptors (Lipinski definition) is 3. The number of hydrogen-bond donors (Lipinski definition) is 0. The second-order valence-corrected chi connectivity index (χ2v) is 5.26. The number of methoxy groups -OCH3 is 2. The topological polar surface area (TPSA) is 35.5 Å². The Kier molecular flexibility index (Phi) is 2.70. The summed E-state index contributed by atoms with van der Waals surface area (Å²) in [5, 5.41) is 1.86. The Morgan fingerprint density at radius 1 is 0.682 bits per heavy atom.